The van der Waals surface area contributed by atoms with Crippen molar-refractivity contribution in [3.05, 3.63) is 24.0 Å². The number of aromatic carboxylic acids is 1. The average molecular weight is 281 g/mol. The van der Waals surface area contributed by atoms with Gasteiger partial charge in [0.15, 0.2) is 0 Å². The van der Waals surface area contributed by atoms with E-state index in [0.29, 0.717) is 0 Å². The minimum Gasteiger partial charge on any atom is -0.477 e. The maximum atomic E-state index is 11.9. The van der Waals surface area contributed by atoms with Gasteiger partial charge >= 0.3 is 5.97 Å². The minimum atomic E-state index is -1.03. The number of carbonyl (C=O) groups is 2. The number of carboxylic acids is 1. The van der Waals surface area contributed by atoms with Crippen LogP contribution in [-0.2, 0) is 11.3 Å². The summed E-state index contributed by atoms with van der Waals surface area (Å²) in [5.41, 5.74) is 0.122. The summed E-state index contributed by atoms with van der Waals surface area (Å²) in [4.78, 5) is 25.1. The Labute approximate surface area is 119 Å². The van der Waals surface area contributed by atoms with Crippen LogP contribution in [0.15, 0.2) is 18.3 Å². The first-order valence-corrected chi connectivity index (χ1v) is 6.88. The molecule has 112 valence electrons. The monoisotopic (exact) mass is 281 g/mol. The molecule has 6 nitrogen and oxygen atoms in total. The van der Waals surface area contributed by atoms with Crippen molar-refractivity contribution in [1.82, 2.24) is 14.8 Å². The van der Waals surface area contributed by atoms with Crippen molar-refractivity contribution in [2.45, 2.75) is 33.4 Å². The molecule has 6 heteroatoms. The highest BCUT2D eigenvalue weighted by atomic mass is 16.4. The second-order valence-corrected chi connectivity index (χ2v) is 4.78. The number of amides is 1. The molecule has 2 N–H and O–H groups in total. The lowest BCUT2D eigenvalue weighted by atomic mass is 10.3. The predicted octanol–water partition coefficient (Wildman–Crippen LogP) is 1.03. The first kappa shape index (κ1) is 16.2. The van der Waals surface area contributed by atoms with E-state index in [1.54, 1.807) is 12.3 Å². The van der Waals surface area contributed by atoms with Crippen LogP contribution in [0.5, 0.6) is 0 Å². The fourth-order valence-electron chi connectivity index (χ4n) is 2.14. The van der Waals surface area contributed by atoms with E-state index < -0.39 is 5.97 Å². The summed E-state index contributed by atoms with van der Waals surface area (Å²) in [5, 5.41) is 11.9. The lowest BCUT2D eigenvalue weighted by molar-refractivity contribution is -0.122. The summed E-state index contributed by atoms with van der Waals surface area (Å²) < 4.78 is 1.43. The smallest absolute Gasteiger partial charge is 0.352 e. The van der Waals surface area contributed by atoms with Crippen LogP contribution in [0.2, 0.25) is 0 Å². The lowest BCUT2D eigenvalue weighted by Gasteiger charge is -2.23. The number of rotatable bonds is 8. The van der Waals surface area contributed by atoms with E-state index in [0.717, 1.165) is 19.6 Å². The van der Waals surface area contributed by atoms with Crippen molar-refractivity contribution < 1.29 is 14.7 Å². The number of likely N-dealkylation sites (N-methyl/N-ethyl adjacent to an activating group) is 1. The largest absolute Gasteiger partial charge is 0.477 e. The Morgan fingerprint density at radius 1 is 1.40 bits per heavy atom. The molecule has 0 bridgehead atoms. The number of carbonyl (C=O) groups excluding carboxylic acids is 1. The van der Waals surface area contributed by atoms with Crippen LogP contribution in [0.25, 0.3) is 0 Å². The Morgan fingerprint density at radius 2 is 2.05 bits per heavy atom. The van der Waals surface area contributed by atoms with E-state index in [4.69, 9.17) is 5.11 Å². The molecule has 0 saturated heterocycles. The summed E-state index contributed by atoms with van der Waals surface area (Å²) in [6, 6.07) is 3.14. The Balaban J connectivity index is 2.51. The van der Waals surface area contributed by atoms with Crippen LogP contribution in [-0.4, -0.2) is 52.1 Å². The number of aromatic nitrogens is 1. The van der Waals surface area contributed by atoms with Gasteiger partial charge in [-0.3, -0.25) is 4.79 Å². The van der Waals surface area contributed by atoms with Gasteiger partial charge in [-0.1, -0.05) is 13.8 Å². The summed E-state index contributed by atoms with van der Waals surface area (Å²) >= 11 is 0. The summed E-state index contributed by atoms with van der Waals surface area (Å²) in [5.74, 6) is -1.21. The van der Waals surface area contributed by atoms with Crippen LogP contribution in [0.3, 0.4) is 0 Å². The van der Waals surface area contributed by atoms with Crippen molar-refractivity contribution in [3.8, 4) is 0 Å². The maximum absolute atomic E-state index is 11.9. The molecule has 1 unspecified atom stereocenters. The zero-order chi connectivity index (χ0) is 15.1. The van der Waals surface area contributed by atoms with Crippen molar-refractivity contribution in [2.75, 3.05) is 19.6 Å². The molecule has 1 atom stereocenters. The standard InChI is InChI=1S/C14H23N3O3/c1-4-16(5-2)9-11(3)15-13(18)10-17-8-6-7-12(17)14(19)20/h6-8,11H,4-5,9-10H2,1-3H3,(H,15,18)(H,19,20). The SMILES string of the molecule is CCN(CC)CC(C)NC(=O)Cn1cccc1C(=O)O. The molecule has 1 aromatic rings. The predicted molar refractivity (Wildman–Crippen MR) is 76.8 cm³/mol. The first-order chi connectivity index (χ1) is 9.47. The van der Waals surface area contributed by atoms with Crippen molar-refractivity contribution >= 4 is 11.9 Å². The highest BCUT2D eigenvalue weighted by Crippen LogP contribution is 2.02. The Kier molecular flexibility index (Phi) is 6.24. The van der Waals surface area contributed by atoms with Gasteiger partial charge in [-0.2, -0.15) is 0 Å². The molecule has 0 aliphatic heterocycles. The molecular weight excluding hydrogens is 258 g/mol. The van der Waals surface area contributed by atoms with Crippen molar-refractivity contribution in [1.29, 1.82) is 0 Å². The molecule has 1 amide bonds. The van der Waals surface area contributed by atoms with Crippen LogP contribution in [0.4, 0.5) is 0 Å². The maximum Gasteiger partial charge on any atom is 0.352 e. The summed E-state index contributed by atoms with van der Waals surface area (Å²) in [6.07, 6.45) is 1.60. The van der Waals surface area contributed by atoms with E-state index >= 15 is 0 Å². The molecule has 0 radical (unpaired) electrons. The number of nitrogens with zero attached hydrogens (tertiary/aromatic N) is 2. The van der Waals surface area contributed by atoms with Crippen molar-refractivity contribution in [2.24, 2.45) is 0 Å². The van der Waals surface area contributed by atoms with Crippen LogP contribution >= 0.6 is 0 Å². The third kappa shape index (κ3) is 4.70. The van der Waals surface area contributed by atoms with Gasteiger partial charge in [0.05, 0.1) is 0 Å². The molecule has 0 aromatic carbocycles. The van der Waals surface area contributed by atoms with Gasteiger partial charge in [0, 0.05) is 18.8 Å². The van der Waals surface area contributed by atoms with Crippen LogP contribution in [0, 0.1) is 0 Å². The molecule has 20 heavy (non-hydrogen) atoms. The van der Waals surface area contributed by atoms with Gasteiger partial charge in [0.25, 0.3) is 0 Å². The fourth-order valence-corrected chi connectivity index (χ4v) is 2.14. The molecule has 1 heterocycles. The molecule has 0 aliphatic rings. The average Bonchev–Trinajstić information content (AvgIpc) is 2.83. The highest BCUT2D eigenvalue weighted by molar-refractivity contribution is 5.86. The normalized spacial score (nSPS) is 12.4. The third-order valence-corrected chi connectivity index (χ3v) is 3.20. The van der Waals surface area contributed by atoms with E-state index in [1.165, 1.54) is 10.6 Å². The lowest BCUT2D eigenvalue weighted by Crippen LogP contribution is -2.43. The Bertz CT molecular complexity index is 452. The van der Waals surface area contributed by atoms with Gasteiger partial charge in [0.1, 0.15) is 12.2 Å². The van der Waals surface area contributed by atoms with E-state index in [9.17, 15) is 9.59 Å². The molecular formula is C14H23N3O3. The Morgan fingerprint density at radius 3 is 2.60 bits per heavy atom. The third-order valence-electron chi connectivity index (χ3n) is 3.20. The molecule has 0 fully saturated rings. The molecule has 0 spiro atoms. The minimum absolute atomic E-state index is 0.0250. The van der Waals surface area contributed by atoms with Gasteiger partial charge in [-0.25, -0.2) is 4.79 Å². The van der Waals surface area contributed by atoms with Gasteiger partial charge < -0.3 is 19.9 Å². The summed E-state index contributed by atoms with van der Waals surface area (Å²) in [6.45, 7) is 8.81. The highest BCUT2D eigenvalue weighted by Gasteiger charge is 2.14. The van der Waals surface area contributed by atoms with Crippen molar-refractivity contribution in [3.63, 3.8) is 0 Å². The van der Waals surface area contributed by atoms with Gasteiger partial charge in [-0.15, -0.1) is 0 Å². The van der Waals surface area contributed by atoms with E-state index in [1.807, 2.05) is 6.92 Å². The topological polar surface area (TPSA) is 74.6 Å². The summed E-state index contributed by atoms with van der Waals surface area (Å²) in [7, 11) is 0. The molecule has 1 aromatic heterocycles. The molecule has 1 rings (SSSR count). The number of carboxylic acid groups (broad SMARTS) is 1. The van der Waals surface area contributed by atoms with Crippen LogP contribution in [0.1, 0.15) is 31.3 Å². The second-order valence-electron chi connectivity index (χ2n) is 4.78. The second kappa shape index (κ2) is 7.69. The first-order valence-electron chi connectivity index (χ1n) is 6.88. The zero-order valence-electron chi connectivity index (χ0n) is 12.3. The van der Waals surface area contributed by atoms with Gasteiger partial charge in [-0.05, 0) is 32.1 Å². The van der Waals surface area contributed by atoms with Crippen LogP contribution < -0.4 is 5.32 Å². The zero-order valence-corrected chi connectivity index (χ0v) is 12.3. The fraction of sp³-hybridized carbons (Fsp3) is 0.571. The molecule has 0 aliphatic carbocycles. The Hall–Kier alpha value is -1.82. The number of hydrogen-bond acceptors (Lipinski definition) is 3. The quantitative estimate of drug-likeness (QED) is 0.746. The van der Waals surface area contributed by atoms with Gasteiger partial charge in [0.2, 0.25) is 5.91 Å². The molecule has 0 saturated carbocycles. The van der Waals surface area contributed by atoms with E-state index in [-0.39, 0.29) is 24.2 Å². The van der Waals surface area contributed by atoms with E-state index in [2.05, 4.69) is 24.1 Å². The number of nitrogens with one attached hydrogen (secondary N) is 1. The number of hydrogen-bond donors (Lipinski definition) is 2.